The van der Waals surface area contributed by atoms with Crippen LogP contribution in [0.25, 0.3) is 0 Å². The molecule has 150 valence electrons. The summed E-state index contributed by atoms with van der Waals surface area (Å²) in [4.78, 5) is 11.9. The summed E-state index contributed by atoms with van der Waals surface area (Å²) in [7, 11) is 0. The number of carbonyl (C=O) groups is 1. The third-order valence-electron chi connectivity index (χ3n) is 4.37. The summed E-state index contributed by atoms with van der Waals surface area (Å²) >= 11 is 3.51. The number of carbonyl (C=O) groups excluding carboxylic acids is 1. The molecule has 0 bridgehead atoms. The second-order valence-electron chi connectivity index (χ2n) is 6.77. The van der Waals surface area contributed by atoms with Gasteiger partial charge in [-0.1, -0.05) is 85.3 Å². The number of unbranched alkanes of at least 4 members (excludes halogenated alkanes) is 5. The zero-order valence-electron chi connectivity index (χ0n) is 16.5. The molecule has 0 aromatic heterocycles. The fourth-order valence-corrected chi connectivity index (χ4v) is 3.10. The monoisotopic (exact) mass is 444 g/mol. The van der Waals surface area contributed by atoms with Gasteiger partial charge in [-0.3, -0.25) is 4.79 Å². The Bertz CT molecular complexity index is 748. The van der Waals surface area contributed by atoms with E-state index in [0.717, 1.165) is 34.2 Å². The second kappa shape index (κ2) is 13.1. The van der Waals surface area contributed by atoms with Crippen molar-refractivity contribution in [3.63, 3.8) is 0 Å². The maximum Gasteiger partial charge on any atom is 0.240 e. The first-order valence-electron chi connectivity index (χ1n) is 9.97. The maximum absolute atomic E-state index is 11.9. The van der Waals surface area contributed by atoms with Gasteiger partial charge in [0.2, 0.25) is 5.91 Å². The van der Waals surface area contributed by atoms with Crippen LogP contribution in [0, 0.1) is 0 Å². The number of benzene rings is 2. The van der Waals surface area contributed by atoms with Crippen molar-refractivity contribution < 1.29 is 9.53 Å². The molecule has 0 heterocycles. The minimum atomic E-state index is -0.0423. The number of rotatable bonds is 12. The average molecular weight is 445 g/mol. The fraction of sp³-hybridized carbons (Fsp3) is 0.391. The highest BCUT2D eigenvalue weighted by molar-refractivity contribution is 9.10. The molecule has 0 radical (unpaired) electrons. The molecule has 0 spiro atoms. The predicted octanol–water partition coefficient (Wildman–Crippen LogP) is 6.23. The summed E-state index contributed by atoms with van der Waals surface area (Å²) in [5, 5.41) is 4.08. The molecule has 0 aliphatic rings. The summed E-state index contributed by atoms with van der Waals surface area (Å²) in [6, 6.07) is 15.7. The number of hydrogen-bond donors (Lipinski definition) is 1. The molecule has 2 aromatic carbocycles. The molecule has 1 N–H and O–H groups in total. The van der Waals surface area contributed by atoms with Gasteiger partial charge in [0.1, 0.15) is 12.4 Å². The molecule has 1 amide bonds. The molecule has 4 nitrogen and oxygen atoms in total. The van der Waals surface area contributed by atoms with Crippen LogP contribution in [-0.2, 0) is 11.4 Å². The molecule has 0 fully saturated rings. The van der Waals surface area contributed by atoms with Crippen molar-refractivity contribution in [1.82, 2.24) is 5.43 Å². The van der Waals surface area contributed by atoms with Crippen LogP contribution in [0.1, 0.15) is 63.0 Å². The molecule has 2 rings (SSSR count). The smallest absolute Gasteiger partial charge is 0.240 e. The Hall–Kier alpha value is -2.14. The van der Waals surface area contributed by atoms with E-state index >= 15 is 0 Å². The van der Waals surface area contributed by atoms with Crippen molar-refractivity contribution in [2.24, 2.45) is 5.10 Å². The van der Waals surface area contributed by atoms with Crippen molar-refractivity contribution in [2.45, 2.75) is 58.5 Å². The van der Waals surface area contributed by atoms with Crippen LogP contribution in [0.4, 0.5) is 0 Å². The number of nitrogens with zero attached hydrogens (tertiary/aromatic N) is 1. The number of amides is 1. The molecule has 0 unspecified atom stereocenters. The molecule has 0 saturated carbocycles. The Morgan fingerprint density at radius 3 is 2.61 bits per heavy atom. The van der Waals surface area contributed by atoms with Crippen molar-refractivity contribution in [1.29, 1.82) is 0 Å². The Balaban J connectivity index is 1.76. The molecule has 0 saturated heterocycles. The van der Waals surface area contributed by atoms with E-state index < -0.39 is 0 Å². The highest BCUT2D eigenvalue weighted by Crippen LogP contribution is 2.22. The van der Waals surface area contributed by atoms with Crippen molar-refractivity contribution in [3.8, 4) is 5.75 Å². The van der Waals surface area contributed by atoms with Gasteiger partial charge in [0.25, 0.3) is 0 Å². The largest absolute Gasteiger partial charge is 0.489 e. The number of nitrogens with one attached hydrogen (secondary N) is 1. The van der Waals surface area contributed by atoms with Gasteiger partial charge in [-0.2, -0.15) is 5.10 Å². The normalized spacial score (nSPS) is 10.9. The molecule has 5 heteroatoms. The van der Waals surface area contributed by atoms with Crippen LogP contribution in [0.5, 0.6) is 5.75 Å². The van der Waals surface area contributed by atoms with E-state index in [0.29, 0.717) is 13.0 Å². The minimum absolute atomic E-state index is 0.0423. The van der Waals surface area contributed by atoms with Crippen LogP contribution < -0.4 is 10.2 Å². The molecule has 0 atom stereocenters. The summed E-state index contributed by atoms with van der Waals surface area (Å²) in [6.07, 6.45) is 9.15. The minimum Gasteiger partial charge on any atom is -0.489 e. The lowest BCUT2D eigenvalue weighted by Crippen LogP contribution is -2.16. The highest BCUT2D eigenvalue weighted by atomic mass is 79.9. The first-order valence-corrected chi connectivity index (χ1v) is 10.8. The van der Waals surface area contributed by atoms with Gasteiger partial charge in [-0.05, 0) is 30.2 Å². The fourth-order valence-electron chi connectivity index (χ4n) is 2.75. The van der Waals surface area contributed by atoms with E-state index in [2.05, 4.69) is 33.4 Å². The van der Waals surface area contributed by atoms with Gasteiger partial charge >= 0.3 is 0 Å². The summed E-state index contributed by atoms with van der Waals surface area (Å²) in [5.74, 6) is 0.714. The number of halogens is 1. The average Bonchev–Trinajstić information content (AvgIpc) is 2.71. The summed E-state index contributed by atoms with van der Waals surface area (Å²) in [6.45, 7) is 2.71. The summed E-state index contributed by atoms with van der Waals surface area (Å²) < 4.78 is 6.74. The lowest BCUT2D eigenvalue weighted by atomic mass is 10.1. The molecule has 28 heavy (non-hydrogen) atoms. The summed E-state index contributed by atoms with van der Waals surface area (Å²) in [5.41, 5.74) is 4.57. The van der Waals surface area contributed by atoms with E-state index in [4.69, 9.17) is 4.74 Å². The topological polar surface area (TPSA) is 50.7 Å². The molecule has 0 aliphatic heterocycles. The predicted molar refractivity (Wildman–Crippen MR) is 119 cm³/mol. The lowest BCUT2D eigenvalue weighted by molar-refractivity contribution is -0.121. The van der Waals surface area contributed by atoms with Gasteiger partial charge in [0.05, 0.1) is 6.21 Å². The van der Waals surface area contributed by atoms with Crippen LogP contribution in [-0.4, -0.2) is 12.1 Å². The van der Waals surface area contributed by atoms with Gasteiger partial charge in [-0.15, -0.1) is 0 Å². The Morgan fingerprint density at radius 1 is 1.07 bits per heavy atom. The SMILES string of the molecule is CCCCCCCCC(=O)NN=Cc1cc(OCc2ccccc2)ccc1Br. The molecular weight excluding hydrogens is 416 g/mol. The Morgan fingerprint density at radius 2 is 1.82 bits per heavy atom. The third kappa shape index (κ3) is 8.70. The van der Waals surface area contributed by atoms with E-state index in [-0.39, 0.29) is 5.91 Å². The zero-order chi connectivity index (χ0) is 20.0. The van der Waals surface area contributed by atoms with Crippen molar-refractivity contribution >= 4 is 28.1 Å². The number of hydrazone groups is 1. The van der Waals surface area contributed by atoms with Crippen molar-refractivity contribution in [3.05, 3.63) is 64.1 Å². The number of ether oxygens (including phenoxy) is 1. The third-order valence-corrected chi connectivity index (χ3v) is 5.09. The molecule has 2 aromatic rings. The maximum atomic E-state index is 11.9. The van der Waals surface area contributed by atoms with Gasteiger partial charge < -0.3 is 4.74 Å². The van der Waals surface area contributed by atoms with Crippen molar-refractivity contribution in [2.75, 3.05) is 0 Å². The van der Waals surface area contributed by atoms with E-state index in [1.54, 1.807) is 6.21 Å². The lowest BCUT2D eigenvalue weighted by Gasteiger charge is -2.08. The van der Waals surface area contributed by atoms with Crippen LogP contribution in [0.15, 0.2) is 58.1 Å². The van der Waals surface area contributed by atoms with E-state index in [1.807, 2.05) is 48.5 Å². The molecule has 0 aliphatic carbocycles. The first kappa shape index (κ1) is 22.2. The molecular formula is C23H29BrN2O2. The number of hydrogen-bond acceptors (Lipinski definition) is 3. The Labute approximate surface area is 176 Å². The van der Waals surface area contributed by atoms with E-state index in [9.17, 15) is 4.79 Å². The van der Waals surface area contributed by atoms with Gasteiger partial charge in [0, 0.05) is 16.5 Å². The van der Waals surface area contributed by atoms with E-state index in [1.165, 1.54) is 25.7 Å². The van der Waals surface area contributed by atoms with Crippen LogP contribution in [0.3, 0.4) is 0 Å². The quantitative estimate of drug-likeness (QED) is 0.239. The van der Waals surface area contributed by atoms with Gasteiger partial charge in [-0.25, -0.2) is 5.43 Å². The Kier molecular flexibility index (Phi) is 10.4. The second-order valence-corrected chi connectivity index (χ2v) is 7.62. The first-order chi connectivity index (χ1) is 13.7. The van der Waals surface area contributed by atoms with Gasteiger partial charge in [0.15, 0.2) is 0 Å². The van der Waals surface area contributed by atoms with Crippen LogP contribution in [0.2, 0.25) is 0 Å². The zero-order valence-corrected chi connectivity index (χ0v) is 18.1. The standard InChI is InChI=1S/C23H29BrN2O2/c1-2-3-4-5-6-10-13-23(27)26-25-17-20-16-21(14-15-22(20)24)28-18-19-11-8-7-9-12-19/h7-9,11-12,14-17H,2-6,10,13,18H2,1H3,(H,26,27). The highest BCUT2D eigenvalue weighted by Gasteiger charge is 2.03. The van der Waals surface area contributed by atoms with Crippen LogP contribution >= 0.6 is 15.9 Å².